The van der Waals surface area contributed by atoms with Gasteiger partial charge in [-0.1, -0.05) is 18.2 Å². The molecule has 2 rings (SSSR count). The smallest absolute Gasteiger partial charge is 0.340 e. The Labute approximate surface area is 165 Å². The summed E-state index contributed by atoms with van der Waals surface area (Å²) < 4.78 is 7.21. The molecule has 0 radical (unpaired) electrons. The van der Waals surface area contributed by atoms with Crippen molar-refractivity contribution in [3.05, 3.63) is 53.3 Å². The third-order valence-corrected chi connectivity index (χ3v) is 4.04. The second kappa shape index (κ2) is 8.29. The van der Waals surface area contributed by atoms with Crippen molar-refractivity contribution in [1.82, 2.24) is 15.2 Å². The molecular formula is C21H27N3O4. The Kier molecular flexibility index (Phi) is 6.28. The lowest BCUT2D eigenvalue weighted by atomic mass is 10.1. The number of aryl methyl sites for hydroxylation is 1. The van der Waals surface area contributed by atoms with E-state index in [0.717, 1.165) is 11.4 Å². The van der Waals surface area contributed by atoms with Crippen LogP contribution in [-0.4, -0.2) is 34.1 Å². The molecule has 0 spiro atoms. The Balaban J connectivity index is 2.09. The number of ether oxygens (including phenoxy) is 1. The third-order valence-electron chi connectivity index (χ3n) is 4.04. The van der Waals surface area contributed by atoms with Crippen molar-refractivity contribution in [2.75, 3.05) is 0 Å². The molecule has 7 nitrogen and oxygen atoms in total. The minimum absolute atomic E-state index is 0.375. The molecule has 0 saturated carbocycles. The number of nitrogens with one attached hydrogen (secondary N) is 2. The van der Waals surface area contributed by atoms with Gasteiger partial charge in [-0.15, -0.1) is 0 Å². The first-order chi connectivity index (χ1) is 13.0. The van der Waals surface area contributed by atoms with E-state index in [2.05, 4.69) is 10.6 Å². The van der Waals surface area contributed by atoms with Crippen LogP contribution >= 0.6 is 0 Å². The lowest BCUT2D eigenvalue weighted by molar-refractivity contribution is -0.127. The Morgan fingerprint density at radius 1 is 1.07 bits per heavy atom. The minimum atomic E-state index is -1.11. The molecule has 7 heteroatoms. The molecule has 0 saturated heterocycles. The van der Waals surface area contributed by atoms with Crippen molar-refractivity contribution in [3.8, 4) is 5.69 Å². The molecule has 0 aliphatic carbocycles. The molecular weight excluding hydrogens is 358 g/mol. The molecule has 0 bridgehead atoms. The van der Waals surface area contributed by atoms with E-state index in [1.165, 1.54) is 6.92 Å². The summed E-state index contributed by atoms with van der Waals surface area (Å²) >= 11 is 0. The highest BCUT2D eigenvalue weighted by Crippen LogP contribution is 2.21. The number of hydrogen-bond acceptors (Lipinski definition) is 4. The minimum Gasteiger partial charge on any atom is -0.449 e. The molecule has 28 heavy (non-hydrogen) atoms. The normalized spacial score (nSPS) is 12.2. The van der Waals surface area contributed by atoms with Gasteiger partial charge in [0.2, 0.25) is 0 Å². The van der Waals surface area contributed by atoms with Crippen molar-refractivity contribution in [3.63, 3.8) is 0 Å². The maximum Gasteiger partial charge on any atom is 0.340 e. The molecule has 3 amide bonds. The van der Waals surface area contributed by atoms with Gasteiger partial charge in [0.1, 0.15) is 0 Å². The number of urea groups is 1. The van der Waals surface area contributed by atoms with Gasteiger partial charge in [0, 0.05) is 22.6 Å². The molecule has 150 valence electrons. The van der Waals surface area contributed by atoms with Crippen LogP contribution in [0, 0.1) is 13.8 Å². The molecule has 1 atom stereocenters. The van der Waals surface area contributed by atoms with Crippen LogP contribution in [0.25, 0.3) is 5.69 Å². The Hall–Kier alpha value is -3.09. The fourth-order valence-corrected chi connectivity index (χ4v) is 2.81. The van der Waals surface area contributed by atoms with Crippen LogP contribution in [0.2, 0.25) is 0 Å². The fraction of sp³-hybridized carbons (Fsp3) is 0.381. The van der Waals surface area contributed by atoms with Gasteiger partial charge in [0.05, 0.1) is 5.56 Å². The van der Waals surface area contributed by atoms with E-state index < -0.39 is 29.6 Å². The summed E-state index contributed by atoms with van der Waals surface area (Å²) in [7, 11) is 0. The van der Waals surface area contributed by atoms with Gasteiger partial charge in [-0.25, -0.2) is 9.59 Å². The van der Waals surface area contributed by atoms with Crippen molar-refractivity contribution in [2.45, 2.75) is 53.2 Å². The SMILES string of the molecule is Cc1cc(C(=O)O[C@H](C)C(=O)NC(=O)NC(C)(C)C)c(C)n1-c1ccccc1. The first kappa shape index (κ1) is 21.2. The number of hydrogen-bond donors (Lipinski definition) is 2. The summed E-state index contributed by atoms with van der Waals surface area (Å²) in [5.74, 6) is -1.30. The van der Waals surface area contributed by atoms with Gasteiger partial charge in [-0.3, -0.25) is 10.1 Å². The zero-order chi connectivity index (χ0) is 21.1. The number of imide groups is 1. The largest absolute Gasteiger partial charge is 0.449 e. The van der Waals surface area contributed by atoms with Crippen LogP contribution in [0.5, 0.6) is 0 Å². The molecule has 2 aromatic rings. The van der Waals surface area contributed by atoms with Gasteiger partial charge in [-0.2, -0.15) is 0 Å². The molecule has 0 aliphatic heterocycles. The molecule has 1 aromatic carbocycles. The number of esters is 1. The average Bonchev–Trinajstić information content (AvgIpc) is 2.88. The quantitative estimate of drug-likeness (QED) is 0.791. The van der Waals surface area contributed by atoms with Crippen molar-refractivity contribution in [2.24, 2.45) is 0 Å². The Bertz CT molecular complexity index is 879. The standard InChI is InChI=1S/C21H27N3O4/c1-13-12-17(14(2)24(13)16-10-8-7-9-11-16)19(26)28-15(3)18(25)22-20(27)23-21(4,5)6/h7-12,15H,1-6H3,(H2,22,23,25,27)/t15-/m1/s1. The zero-order valence-corrected chi connectivity index (χ0v) is 17.1. The fourth-order valence-electron chi connectivity index (χ4n) is 2.81. The summed E-state index contributed by atoms with van der Waals surface area (Å²) in [4.78, 5) is 36.5. The molecule has 1 aromatic heterocycles. The number of carbonyl (C=O) groups excluding carboxylic acids is 3. The van der Waals surface area contributed by atoms with Gasteiger partial charge in [0.25, 0.3) is 5.91 Å². The number of amides is 3. The number of para-hydroxylation sites is 1. The predicted molar refractivity (Wildman–Crippen MR) is 107 cm³/mol. The van der Waals surface area contributed by atoms with Gasteiger partial charge in [0.15, 0.2) is 6.10 Å². The number of aromatic nitrogens is 1. The Morgan fingerprint density at radius 3 is 2.25 bits per heavy atom. The van der Waals surface area contributed by atoms with E-state index in [1.807, 2.05) is 48.7 Å². The van der Waals surface area contributed by atoms with Crippen molar-refractivity contribution < 1.29 is 19.1 Å². The molecule has 1 heterocycles. The summed E-state index contributed by atoms with van der Waals surface area (Å²) in [6, 6.07) is 10.7. The topological polar surface area (TPSA) is 89.4 Å². The van der Waals surface area contributed by atoms with Gasteiger partial charge in [-0.05, 0) is 59.7 Å². The van der Waals surface area contributed by atoms with E-state index in [0.29, 0.717) is 11.3 Å². The maximum absolute atomic E-state index is 12.6. The zero-order valence-electron chi connectivity index (χ0n) is 17.1. The van der Waals surface area contributed by atoms with E-state index in [-0.39, 0.29) is 0 Å². The van der Waals surface area contributed by atoms with Crippen LogP contribution < -0.4 is 10.6 Å². The highest BCUT2D eigenvalue weighted by Gasteiger charge is 2.25. The van der Waals surface area contributed by atoms with Crippen LogP contribution in [0.3, 0.4) is 0 Å². The van der Waals surface area contributed by atoms with E-state index >= 15 is 0 Å². The van der Waals surface area contributed by atoms with E-state index in [1.54, 1.807) is 26.8 Å². The van der Waals surface area contributed by atoms with Gasteiger partial charge < -0.3 is 14.6 Å². The number of carbonyl (C=O) groups is 3. The highest BCUT2D eigenvalue weighted by atomic mass is 16.5. The van der Waals surface area contributed by atoms with Crippen LogP contribution in [0.1, 0.15) is 49.4 Å². The van der Waals surface area contributed by atoms with Gasteiger partial charge >= 0.3 is 12.0 Å². The summed E-state index contributed by atoms with van der Waals surface area (Å²) in [5, 5.41) is 4.79. The predicted octanol–water partition coefficient (Wildman–Crippen LogP) is 3.26. The lowest BCUT2D eigenvalue weighted by Crippen LogP contribution is -2.50. The molecule has 2 N–H and O–H groups in total. The average molecular weight is 385 g/mol. The van der Waals surface area contributed by atoms with Crippen LogP contribution in [0.15, 0.2) is 36.4 Å². The van der Waals surface area contributed by atoms with Crippen LogP contribution in [-0.2, 0) is 9.53 Å². The van der Waals surface area contributed by atoms with Crippen LogP contribution in [0.4, 0.5) is 4.79 Å². The number of rotatable bonds is 4. The first-order valence-corrected chi connectivity index (χ1v) is 9.08. The Morgan fingerprint density at radius 2 is 1.68 bits per heavy atom. The van der Waals surface area contributed by atoms with Crippen molar-refractivity contribution in [1.29, 1.82) is 0 Å². The lowest BCUT2D eigenvalue weighted by Gasteiger charge is -2.21. The monoisotopic (exact) mass is 385 g/mol. The van der Waals surface area contributed by atoms with Crippen molar-refractivity contribution >= 4 is 17.9 Å². The first-order valence-electron chi connectivity index (χ1n) is 9.08. The molecule has 0 aliphatic rings. The second-order valence-corrected chi connectivity index (χ2v) is 7.70. The summed E-state index contributed by atoms with van der Waals surface area (Å²) in [6.45, 7) is 10.5. The molecule has 0 fully saturated rings. The third kappa shape index (κ3) is 5.22. The highest BCUT2D eigenvalue weighted by molar-refractivity contribution is 5.99. The van der Waals surface area contributed by atoms with E-state index in [4.69, 9.17) is 4.74 Å². The van der Waals surface area contributed by atoms with E-state index in [9.17, 15) is 14.4 Å². The number of benzene rings is 1. The summed E-state index contributed by atoms with van der Waals surface area (Å²) in [5.41, 5.74) is 2.41. The maximum atomic E-state index is 12.6. The summed E-state index contributed by atoms with van der Waals surface area (Å²) in [6.07, 6.45) is -1.11. The molecule has 0 unspecified atom stereocenters. The number of nitrogens with zero attached hydrogens (tertiary/aromatic N) is 1. The second-order valence-electron chi connectivity index (χ2n) is 7.70.